The molecule has 2 aromatic rings. The molecule has 1 aromatic heterocycles. The van der Waals surface area contributed by atoms with Crippen molar-refractivity contribution in [2.24, 2.45) is 0 Å². The molecule has 1 aliphatic heterocycles. The number of ether oxygens (including phenoxy) is 1. The van der Waals surface area contributed by atoms with Gasteiger partial charge in [0.15, 0.2) is 0 Å². The summed E-state index contributed by atoms with van der Waals surface area (Å²) < 4.78 is 19.4. The first-order valence-electron chi connectivity index (χ1n) is 7.57. The molecule has 0 radical (unpaired) electrons. The Kier molecular flexibility index (Phi) is 4.63. The molecular weight excluding hydrogens is 281 g/mol. The van der Waals surface area contributed by atoms with Crippen LogP contribution in [0.4, 0.5) is 4.39 Å². The summed E-state index contributed by atoms with van der Waals surface area (Å²) in [5.41, 5.74) is 1.65. The number of likely N-dealkylation sites (tertiary alicyclic amines) is 1. The van der Waals surface area contributed by atoms with Crippen LogP contribution in [-0.4, -0.2) is 35.1 Å². The monoisotopic (exact) mass is 301 g/mol. The lowest BCUT2D eigenvalue weighted by Gasteiger charge is -2.32. The molecule has 4 nitrogen and oxygen atoms in total. The summed E-state index contributed by atoms with van der Waals surface area (Å²) in [5, 5.41) is 0. The first-order chi connectivity index (χ1) is 10.8. The second-order valence-electron chi connectivity index (χ2n) is 5.63. The highest BCUT2D eigenvalue weighted by Gasteiger charge is 2.24. The molecule has 5 heteroatoms. The Bertz CT molecular complexity index is 621. The average molecular weight is 301 g/mol. The number of piperidine rings is 1. The normalized spacial score (nSPS) is 19.1. The van der Waals surface area contributed by atoms with E-state index in [1.807, 2.05) is 12.3 Å². The fourth-order valence-electron chi connectivity index (χ4n) is 3.07. The van der Waals surface area contributed by atoms with E-state index in [1.54, 1.807) is 25.6 Å². The lowest BCUT2D eigenvalue weighted by Crippen LogP contribution is -2.34. The van der Waals surface area contributed by atoms with Gasteiger partial charge in [0.1, 0.15) is 11.6 Å². The number of rotatable bonds is 4. The third-order valence-corrected chi connectivity index (χ3v) is 4.18. The summed E-state index contributed by atoms with van der Waals surface area (Å²) in [6.07, 6.45) is 7.43. The predicted molar refractivity (Wildman–Crippen MR) is 82.2 cm³/mol. The zero-order chi connectivity index (χ0) is 15.4. The Labute approximate surface area is 130 Å². The topological polar surface area (TPSA) is 38.2 Å². The smallest absolute Gasteiger partial charge is 0.131 e. The van der Waals surface area contributed by atoms with Crippen molar-refractivity contribution in [1.82, 2.24) is 14.9 Å². The van der Waals surface area contributed by atoms with E-state index in [2.05, 4.69) is 14.9 Å². The van der Waals surface area contributed by atoms with Crippen LogP contribution in [-0.2, 0) is 6.54 Å². The van der Waals surface area contributed by atoms with Gasteiger partial charge in [0.2, 0.25) is 0 Å². The van der Waals surface area contributed by atoms with Crippen molar-refractivity contribution in [1.29, 1.82) is 0 Å². The molecule has 1 aromatic carbocycles. The Balaban J connectivity index is 1.74. The van der Waals surface area contributed by atoms with Gasteiger partial charge in [-0.05, 0) is 31.5 Å². The molecule has 0 bridgehead atoms. The molecule has 1 saturated heterocycles. The summed E-state index contributed by atoms with van der Waals surface area (Å²) >= 11 is 0. The molecular formula is C17H20FN3O. The second kappa shape index (κ2) is 6.83. The highest BCUT2D eigenvalue weighted by atomic mass is 19.1. The van der Waals surface area contributed by atoms with Crippen molar-refractivity contribution in [3.63, 3.8) is 0 Å². The van der Waals surface area contributed by atoms with Gasteiger partial charge >= 0.3 is 0 Å². The van der Waals surface area contributed by atoms with Gasteiger partial charge in [-0.3, -0.25) is 14.9 Å². The number of benzene rings is 1. The lowest BCUT2D eigenvalue weighted by molar-refractivity contribution is 0.194. The summed E-state index contributed by atoms with van der Waals surface area (Å²) in [6, 6.07) is 4.97. The molecule has 1 unspecified atom stereocenters. The Morgan fingerprint density at radius 2 is 2.27 bits per heavy atom. The fourth-order valence-corrected chi connectivity index (χ4v) is 3.07. The molecule has 2 heterocycles. The summed E-state index contributed by atoms with van der Waals surface area (Å²) in [7, 11) is 1.58. The number of nitrogens with zero attached hydrogens (tertiary/aromatic N) is 3. The molecule has 116 valence electrons. The van der Waals surface area contributed by atoms with E-state index in [4.69, 9.17) is 4.74 Å². The van der Waals surface area contributed by atoms with Crippen LogP contribution in [0.5, 0.6) is 5.75 Å². The number of hydrogen-bond donors (Lipinski definition) is 0. The maximum Gasteiger partial charge on any atom is 0.131 e. The van der Waals surface area contributed by atoms with E-state index in [0.717, 1.165) is 31.6 Å². The number of aromatic nitrogens is 2. The zero-order valence-electron chi connectivity index (χ0n) is 12.7. The van der Waals surface area contributed by atoms with E-state index in [0.29, 0.717) is 23.8 Å². The van der Waals surface area contributed by atoms with Crippen LogP contribution < -0.4 is 4.74 Å². The highest BCUT2D eigenvalue weighted by Crippen LogP contribution is 2.28. The standard InChI is InChI=1S/C17H20FN3O/c1-22-17-6-2-5-15(18)14(17)12-21-9-3-4-13(11-21)16-10-19-7-8-20-16/h2,5-8,10,13H,3-4,9,11-12H2,1H3. The Morgan fingerprint density at radius 3 is 3.05 bits per heavy atom. The molecule has 0 saturated carbocycles. The minimum atomic E-state index is -0.207. The van der Waals surface area contributed by atoms with Crippen molar-refractivity contribution < 1.29 is 9.13 Å². The minimum absolute atomic E-state index is 0.207. The second-order valence-corrected chi connectivity index (χ2v) is 5.63. The van der Waals surface area contributed by atoms with Crippen LogP contribution in [0.15, 0.2) is 36.8 Å². The molecule has 1 aliphatic rings. The maximum absolute atomic E-state index is 14.1. The fraction of sp³-hybridized carbons (Fsp3) is 0.412. The van der Waals surface area contributed by atoms with Crippen molar-refractivity contribution in [3.8, 4) is 5.75 Å². The molecule has 1 fully saturated rings. The van der Waals surface area contributed by atoms with Crippen molar-refractivity contribution >= 4 is 0 Å². The minimum Gasteiger partial charge on any atom is -0.496 e. The quantitative estimate of drug-likeness (QED) is 0.870. The van der Waals surface area contributed by atoms with Gasteiger partial charge in [-0.1, -0.05) is 6.07 Å². The third kappa shape index (κ3) is 3.25. The zero-order valence-corrected chi connectivity index (χ0v) is 12.7. The van der Waals surface area contributed by atoms with Gasteiger partial charge in [-0.2, -0.15) is 0 Å². The van der Waals surface area contributed by atoms with Gasteiger partial charge in [0, 0.05) is 43.2 Å². The van der Waals surface area contributed by atoms with Crippen LogP contribution >= 0.6 is 0 Å². The van der Waals surface area contributed by atoms with Gasteiger partial charge in [0.05, 0.1) is 12.8 Å². The van der Waals surface area contributed by atoms with Crippen molar-refractivity contribution in [2.45, 2.75) is 25.3 Å². The van der Waals surface area contributed by atoms with Gasteiger partial charge < -0.3 is 4.74 Å². The largest absolute Gasteiger partial charge is 0.496 e. The number of hydrogen-bond acceptors (Lipinski definition) is 4. The van der Waals surface area contributed by atoms with Crippen LogP contribution in [0.1, 0.15) is 30.0 Å². The summed E-state index contributed by atoms with van der Waals surface area (Å²) in [5.74, 6) is 0.767. The lowest BCUT2D eigenvalue weighted by atomic mass is 9.94. The SMILES string of the molecule is COc1cccc(F)c1CN1CCCC(c2cnccn2)C1. The molecule has 3 rings (SSSR count). The van der Waals surface area contributed by atoms with Gasteiger partial charge in [0.25, 0.3) is 0 Å². The van der Waals surface area contributed by atoms with E-state index >= 15 is 0 Å². The first kappa shape index (κ1) is 14.9. The van der Waals surface area contributed by atoms with Crippen LogP contribution in [0.25, 0.3) is 0 Å². The van der Waals surface area contributed by atoms with E-state index in [-0.39, 0.29) is 5.82 Å². The maximum atomic E-state index is 14.1. The molecule has 22 heavy (non-hydrogen) atoms. The van der Waals surface area contributed by atoms with Gasteiger partial charge in [-0.25, -0.2) is 4.39 Å². The highest BCUT2D eigenvalue weighted by molar-refractivity contribution is 5.34. The predicted octanol–water partition coefficient (Wildman–Crippen LogP) is 3.00. The van der Waals surface area contributed by atoms with Gasteiger partial charge in [-0.15, -0.1) is 0 Å². The Hall–Kier alpha value is -2.01. The van der Waals surface area contributed by atoms with E-state index in [9.17, 15) is 4.39 Å². The Morgan fingerprint density at radius 1 is 1.36 bits per heavy atom. The van der Waals surface area contributed by atoms with E-state index < -0.39 is 0 Å². The van der Waals surface area contributed by atoms with E-state index in [1.165, 1.54) is 6.07 Å². The molecule has 0 aliphatic carbocycles. The molecule has 0 N–H and O–H groups in total. The van der Waals surface area contributed by atoms with Crippen molar-refractivity contribution in [3.05, 3.63) is 53.9 Å². The molecule has 0 spiro atoms. The van der Waals surface area contributed by atoms with Crippen LogP contribution in [0, 0.1) is 5.82 Å². The first-order valence-corrected chi connectivity index (χ1v) is 7.57. The molecule has 1 atom stereocenters. The molecule has 0 amide bonds. The average Bonchev–Trinajstić information content (AvgIpc) is 2.58. The number of methoxy groups -OCH3 is 1. The van der Waals surface area contributed by atoms with Crippen LogP contribution in [0.2, 0.25) is 0 Å². The summed E-state index contributed by atoms with van der Waals surface area (Å²) in [4.78, 5) is 10.8. The van der Waals surface area contributed by atoms with Crippen molar-refractivity contribution in [2.75, 3.05) is 20.2 Å². The summed E-state index contributed by atoms with van der Waals surface area (Å²) in [6.45, 7) is 2.40. The van der Waals surface area contributed by atoms with Crippen LogP contribution in [0.3, 0.4) is 0 Å². The number of halogens is 1. The third-order valence-electron chi connectivity index (χ3n) is 4.18.